The molecule has 0 spiro atoms. The minimum atomic E-state index is -1.47. The standard InChI is InChI=1S/C18H25NO4/c1-10(2)16(20)18(17(21)22-6)9-14(19-23-18)15-12(4)7-11(3)8-13(15)5/h7-8,10,16,20H,9H2,1-6H3/t16-,18-/m0/s1. The number of hydrogen-bond acceptors (Lipinski definition) is 5. The monoisotopic (exact) mass is 319 g/mol. The van der Waals surface area contributed by atoms with E-state index in [1.54, 1.807) is 0 Å². The third-order valence-corrected chi connectivity index (χ3v) is 4.35. The summed E-state index contributed by atoms with van der Waals surface area (Å²) in [6.07, 6.45) is -0.800. The molecule has 5 heteroatoms. The highest BCUT2D eigenvalue weighted by atomic mass is 16.7. The topological polar surface area (TPSA) is 68.1 Å². The van der Waals surface area contributed by atoms with Crippen LogP contribution in [0.25, 0.3) is 0 Å². The third-order valence-electron chi connectivity index (χ3n) is 4.35. The molecule has 0 fully saturated rings. The number of rotatable bonds is 4. The number of ether oxygens (including phenoxy) is 1. The number of nitrogens with zero attached hydrogens (tertiary/aromatic N) is 1. The second kappa shape index (κ2) is 6.32. The molecule has 0 amide bonds. The molecular formula is C18H25NO4. The highest BCUT2D eigenvalue weighted by Crippen LogP contribution is 2.35. The molecule has 1 aliphatic rings. The summed E-state index contributed by atoms with van der Waals surface area (Å²) in [7, 11) is 1.29. The van der Waals surface area contributed by atoms with E-state index >= 15 is 0 Å². The average Bonchev–Trinajstić information content (AvgIpc) is 2.90. The number of hydrogen-bond donors (Lipinski definition) is 1. The maximum atomic E-state index is 12.3. The lowest BCUT2D eigenvalue weighted by Crippen LogP contribution is -2.52. The number of aryl methyl sites for hydroxylation is 3. The van der Waals surface area contributed by atoms with E-state index in [-0.39, 0.29) is 12.3 Å². The predicted molar refractivity (Wildman–Crippen MR) is 88.5 cm³/mol. The van der Waals surface area contributed by atoms with Crippen molar-refractivity contribution >= 4 is 11.7 Å². The first-order chi connectivity index (χ1) is 10.7. The zero-order valence-electron chi connectivity index (χ0n) is 14.6. The van der Waals surface area contributed by atoms with Crippen molar-refractivity contribution in [2.45, 2.75) is 52.7 Å². The minimum absolute atomic E-state index is 0.163. The normalized spacial score (nSPS) is 21.8. The van der Waals surface area contributed by atoms with E-state index < -0.39 is 17.7 Å². The van der Waals surface area contributed by atoms with Gasteiger partial charge in [0.2, 0.25) is 0 Å². The number of oxime groups is 1. The number of methoxy groups -OCH3 is 1. The Morgan fingerprint density at radius 3 is 2.35 bits per heavy atom. The van der Waals surface area contributed by atoms with Gasteiger partial charge in [0, 0.05) is 5.56 Å². The van der Waals surface area contributed by atoms with Crippen molar-refractivity contribution in [2.75, 3.05) is 7.11 Å². The fraction of sp³-hybridized carbons (Fsp3) is 0.556. The van der Waals surface area contributed by atoms with Gasteiger partial charge in [0.05, 0.1) is 19.2 Å². The average molecular weight is 319 g/mol. The predicted octanol–water partition coefficient (Wildman–Crippen LogP) is 2.66. The van der Waals surface area contributed by atoms with Crippen LogP contribution in [0.15, 0.2) is 17.3 Å². The quantitative estimate of drug-likeness (QED) is 0.866. The highest BCUT2D eigenvalue weighted by Gasteiger charge is 2.55. The lowest BCUT2D eigenvalue weighted by atomic mass is 9.82. The fourth-order valence-electron chi connectivity index (χ4n) is 3.32. The smallest absolute Gasteiger partial charge is 0.356 e. The second-order valence-electron chi connectivity index (χ2n) is 6.65. The molecule has 0 unspecified atom stereocenters. The van der Waals surface area contributed by atoms with Gasteiger partial charge in [0.1, 0.15) is 6.10 Å². The van der Waals surface area contributed by atoms with Gasteiger partial charge in [-0.15, -0.1) is 0 Å². The summed E-state index contributed by atoms with van der Waals surface area (Å²) >= 11 is 0. The zero-order chi connectivity index (χ0) is 17.4. The molecule has 5 nitrogen and oxygen atoms in total. The molecule has 2 atom stereocenters. The van der Waals surface area contributed by atoms with Crippen LogP contribution in [0.5, 0.6) is 0 Å². The molecule has 126 valence electrons. The van der Waals surface area contributed by atoms with Crippen LogP contribution in [0.4, 0.5) is 0 Å². The van der Waals surface area contributed by atoms with Gasteiger partial charge in [-0.05, 0) is 37.8 Å². The highest BCUT2D eigenvalue weighted by molar-refractivity contribution is 6.07. The van der Waals surface area contributed by atoms with Crippen molar-refractivity contribution in [1.29, 1.82) is 0 Å². The van der Waals surface area contributed by atoms with Crippen molar-refractivity contribution in [1.82, 2.24) is 0 Å². The van der Waals surface area contributed by atoms with E-state index in [2.05, 4.69) is 17.3 Å². The number of aliphatic hydroxyl groups is 1. The van der Waals surface area contributed by atoms with E-state index in [9.17, 15) is 9.90 Å². The molecule has 1 aromatic rings. The summed E-state index contributed by atoms with van der Waals surface area (Å²) in [6, 6.07) is 4.14. The Kier molecular flexibility index (Phi) is 4.80. The van der Waals surface area contributed by atoms with Crippen molar-refractivity contribution < 1.29 is 19.5 Å². The Bertz CT molecular complexity index is 627. The van der Waals surface area contributed by atoms with Crippen LogP contribution in [-0.4, -0.2) is 35.6 Å². The first-order valence-electron chi connectivity index (χ1n) is 7.82. The lowest BCUT2D eigenvalue weighted by Gasteiger charge is -2.31. The molecule has 0 aromatic heterocycles. The van der Waals surface area contributed by atoms with Crippen LogP contribution in [0.3, 0.4) is 0 Å². The Balaban J connectivity index is 2.42. The summed E-state index contributed by atoms with van der Waals surface area (Å²) < 4.78 is 4.88. The summed E-state index contributed by atoms with van der Waals surface area (Å²) in [6.45, 7) is 9.72. The maximum absolute atomic E-state index is 12.3. The summed E-state index contributed by atoms with van der Waals surface area (Å²) in [4.78, 5) is 17.8. The lowest BCUT2D eigenvalue weighted by molar-refractivity contribution is -0.185. The van der Waals surface area contributed by atoms with Crippen molar-refractivity contribution in [3.63, 3.8) is 0 Å². The number of carbonyl (C=O) groups excluding carboxylic acids is 1. The van der Waals surface area contributed by atoms with Gasteiger partial charge >= 0.3 is 5.97 Å². The molecule has 2 rings (SSSR count). The van der Waals surface area contributed by atoms with Crippen LogP contribution in [0.2, 0.25) is 0 Å². The molecule has 0 bridgehead atoms. The van der Waals surface area contributed by atoms with E-state index in [1.165, 1.54) is 12.7 Å². The SMILES string of the molecule is COC(=O)[C@@]1([C@@H](O)C(C)C)CC(c2c(C)cc(C)cc2C)=NO1. The van der Waals surface area contributed by atoms with Gasteiger partial charge in [-0.3, -0.25) is 0 Å². The molecule has 1 aliphatic heterocycles. The molecule has 1 aromatic carbocycles. The Morgan fingerprint density at radius 1 is 1.30 bits per heavy atom. The fourth-order valence-corrected chi connectivity index (χ4v) is 3.32. The van der Waals surface area contributed by atoms with E-state index in [4.69, 9.17) is 9.57 Å². The number of esters is 1. The van der Waals surface area contributed by atoms with Crippen LogP contribution in [-0.2, 0) is 14.4 Å². The van der Waals surface area contributed by atoms with Gasteiger partial charge in [-0.1, -0.05) is 36.7 Å². The van der Waals surface area contributed by atoms with E-state index in [0.717, 1.165) is 16.7 Å². The second-order valence-corrected chi connectivity index (χ2v) is 6.65. The number of carbonyl (C=O) groups is 1. The number of aliphatic hydroxyl groups excluding tert-OH is 1. The first-order valence-corrected chi connectivity index (χ1v) is 7.82. The van der Waals surface area contributed by atoms with E-state index in [1.807, 2.05) is 34.6 Å². The first kappa shape index (κ1) is 17.5. The largest absolute Gasteiger partial charge is 0.466 e. The molecular weight excluding hydrogens is 294 g/mol. The molecule has 0 radical (unpaired) electrons. The van der Waals surface area contributed by atoms with Gasteiger partial charge in [0.25, 0.3) is 5.60 Å². The zero-order valence-corrected chi connectivity index (χ0v) is 14.6. The van der Waals surface area contributed by atoms with Crippen molar-refractivity contribution in [2.24, 2.45) is 11.1 Å². The van der Waals surface area contributed by atoms with Crippen LogP contribution < -0.4 is 0 Å². The van der Waals surface area contributed by atoms with Crippen LogP contribution in [0.1, 0.15) is 42.5 Å². The van der Waals surface area contributed by atoms with Crippen LogP contribution in [0, 0.1) is 26.7 Å². The summed E-state index contributed by atoms with van der Waals surface area (Å²) in [5.41, 5.74) is 3.49. The summed E-state index contributed by atoms with van der Waals surface area (Å²) in [5.74, 6) is -0.760. The van der Waals surface area contributed by atoms with Gasteiger partial charge in [0.15, 0.2) is 0 Å². The molecule has 1 N–H and O–H groups in total. The van der Waals surface area contributed by atoms with Crippen molar-refractivity contribution in [3.8, 4) is 0 Å². The molecule has 0 saturated carbocycles. The van der Waals surface area contributed by atoms with Crippen LogP contribution >= 0.6 is 0 Å². The molecule has 23 heavy (non-hydrogen) atoms. The minimum Gasteiger partial charge on any atom is -0.466 e. The van der Waals surface area contributed by atoms with Gasteiger partial charge in [-0.2, -0.15) is 0 Å². The number of benzene rings is 1. The molecule has 0 aliphatic carbocycles. The maximum Gasteiger partial charge on any atom is 0.356 e. The molecule has 1 heterocycles. The molecule has 0 saturated heterocycles. The van der Waals surface area contributed by atoms with Gasteiger partial charge < -0.3 is 14.7 Å². The third kappa shape index (κ3) is 2.98. The van der Waals surface area contributed by atoms with Gasteiger partial charge in [-0.25, -0.2) is 4.79 Å². The summed E-state index contributed by atoms with van der Waals surface area (Å²) in [5, 5.41) is 14.7. The Morgan fingerprint density at radius 2 is 1.87 bits per heavy atom. The Labute approximate surface area is 137 Å². The Hall–Kier alpha value is -1.88. The van der Waals surface area contributed by atoms with Crippen molar-refractivity contribution in [3.05, 3.63) is 34.4 Å². The van der Waals surface area contributed by atoms with E-state index in [0.29, 0.717) is 5.71 Å².